The molecule has 0 fully saturated rings. The number of aromatic nitrogens is 4. The van der Waals surface area contributed by atoms with Gasteiger partial charge in [0.2, 0.25) is 0 Å². The molecule has 0 aliphatic heterocycles. The van der Waals surface area contributed by atoms with Gasteiger partial charge >= 0.3 is 12.0 Å². The van der Waals surface area contributed by atoms with Crippen LogP contribution in [0.25, 0.3) is 0 Å². The Morgan fingerprint density at radius 1 is 1.30 bits per heavy atom. The fraction of sp³-hybridized carbons (Fsp3) is 0.182. The lowest BCUT2D eigenvalue weighted by Gasteiger charge is -2.09. The number of aromatic amines is 1. The number of benzene rings is 1. The number of anilines is 1. The number of urea groups is 1. The highest BCUT2D eigenvalue weighted by molar-refractivity contribution is 5.90. The van der Waals surface area contributed by atoms with Gasteiger partial charge in [0.25, 0.3) is 0 Å². The fourth-order valence-corrected chi connectivity index (χ4v) is 1.54. The van der Waals surface area contributed by atoms with Crippen molar-refractivity contribution in [3.05, 3.63) is 35.7 Å². The van der Waals surface area contributed by atoms with E-state index in [2.05, 4.69) is 31.3 Å². The van der Waals surface area contributed by atoms with E-state index in [1.807, 2.05) is 0 Å². The quantitative estimate of drug-likeness (QED) is 0.614. The molecule has 104 valence electrons. The lowest BCUT2D eigenvalue weighted by Crippen LogP contribution is -2.29. The summed E-state index contributed by atoms with van der Waals surface area (Å²) in [6.45, 7) is 0.115. The van der Waals surface area contributed by atoms with E-state index in [0.29, 0.717) is 17.1 Å². The third-order valence-electron chi connectivity index (χ3n) is 2.40. The lowest BCUT2D eigenvalue weighted by atomic mass is 10.1. The van der Waals surface area contributed by atoms with Gasteiger partial charge in [0, 0.05) is 5.69 Å². The fourth-order valence-electron chi connectivity index (χ4n) is 1.54. The molecule has 0 radical (unpaired) electrons. The van der Waals surface area contributed by atoms with E-state index in [4.69, 9.17) is 5.11 Å². The highest BCUT2D eigenvalue weighted by Gasteiger charge is 2.09. The second-order valence-corrected chi connectivity index (χ2v) is 3.86. The maximum atomic E-state index is 11.7. The summed E-state index contributed by atoms with van der Waals surface area (Å²) in [6, 6.07) is 6.21. The van der Waals surface area contributed by atoms with Crippen LogP contribution in [0.4, 0.5) is 10.5 Å². The SMILES string of the molecule is O=C(O)Cc1ccccc1NC(=O)NCc1nn[nH]n1. The Balaban J connectivity index is 1.95. The summed E-state index contributed by atoms with van der Waals surface area (Å²) in [5.74, 6) is -0.620. The first kappa shape index (κ1) is 13.5. The van der Waals surface area contributed by atoms with Crippen molar-refractivity contribution < 1.29 is 14.7 Å². The predicted octanol–water partition coefficient (Wildman–Crippen LogP) is 0.148. The number of carboxylic acids is 1. The number of carboxylic acid groups (broad SMARTS) is 1. The van der Waals surface area contributed by atoms with Gasteiger partial charge in [0.05, 0.1) is 13.0 Å². The molecule has 1 aromatic heterocycles. The maximum Gasteiger partial charge on any atom is 0.319 e. The number of hydrogen-bond donors (Lipinski definition) is 4. The van der Waals surface area contributed by atoms with Gasteiger partial charge in [-0.1, -0.05) is 23.4 Å². The van der Waals surface area contributed by atoms with Crippen LogP contribution in [0.3, 0.4) is 0 Å². The standard InChI is InChI=1S/C11H12N6O3/c18-10(19)5-7-3-1-2-4-8(7)13-11(20)12-6-9-14-16-17-15-9/h1-4H,5-6H2,(H,18,19)(H2,12,13,20)(H,14,15,16,17). The molecule has 20 heavy (non-hydrogen) atoms. The first-order chi connectivity index (χ1) is 9.65. The van der Waals surface area contributed by atoms with Gasteiger partial charge in [-0.05, 0) is 11.6 Å². The van der Waals surface area contributed by atoms with Crippen LogP contribution in [-0.2, 0) is 17.8 Å². The number of nitrogens with one attached hydrogen (secondary N) is 3. The molecule has 1 heterocycles. The number of carbonyl (C=O) groups is 2. The van der Waals surface area contributed by atoms with Gasteiger partial charge < -0.3 is 15.7 Å². The molecule has 0 saturated heterocycles. The molecule has 0 unspecified atom stereocenters. The van der Waals surface area contributed by atoms with Gasteiger partial charge in [-0.15, -0.1) is 10.2 Å². The number of H-pyrrole nitrogens is 1. The van der Waals surface area contributed by atoms with Crippen LogP contribution in [0.5, 0.6) is 0 Å². The molecule has 0 spiro atoms. The van der Waals surface area contributed by atoms with Gasteiger partial charge in [0.15, 0.2) is 5.82 Å². The van der Waals surface area contributed by atoms with Crippen molar-refractivity contribution in [2.45, 2.75) is 13.0 Å². The van der Waals surface area contributed by atoms with Crippen molar-refractivity contribution >= 4 is 17.7 Å². The van der Waals surface area contributed by atoms with Gasteiger partial charge in [-0.2, -0.15) is 5.21 Å². The topological polar surface area (TPSA) is 133 Å². The van der Waals surface area contributed by atoms with Gasteiger partial charge in [0.1, 0.15) is 0 Å². The van der Waals surface area contributed by atoms with E-state index in [1.165, 1.54) is 0 Å². The monoisotopic (exact) mass is 276 g/mol. The van der Waals surface area contributed by atoms with Crippen molar-refractivity contribution in [2.75, 3.05) is 5.32 Å². The van der Waals surface area contributed by atoms with Crippen LogP contribution < -0.4 is 10.6 Å². The Labute approximate surface area is 113 Å². The number of tetrazole rings is 1. The van der Waals surface area contributed by atoms with Gasteiger partial charge in [-0.25, -0.2) is 4.79 Å². The minimum atomic E-state index is -0.966. The highest BCUT2D eigenvalue weighted by Crippen LogP contribution is 2.15. The smallest absolute Gasteiger partial charge is 0.319 e. The first-order valence-corrected chi connectivity index (χ1v) is 5.72. The minimum Gasteiger partial charge on any atom is -0.481 e. The van der Waals surface area contributed by atoms with Crippen molar-refractivity contribution in [1.82, 2.24) is 25.9 Å². The lowest BCUT2D eigenvalue weighted by molar-refractivity contribution is -0.136. The summed E-state index contributed by atoms with van der Waals surface area (Å²) in [5.41, 5.74) is 0.968. The van der Waals surface area contributed by atoms with Crippen molar-refractivity contribution in [3.8, 4) is 0 Å². The van der Waals surface area contributed by atoms with Crippen molar-refractivity contribution in [1.29, 1.82) is 0 Å². The van der Waals surface area contributed by atoms with Crippen LogP contribution in [0, 0.1) is 0 Å². The van der Waals surface area contributed by atoms with E-state index in [-0.39, 0.29) is 13.0 Å². The molecule has 0 aliphatic carbocycles. The Morgan fingerprint density at radius 2 is 2.10 bits per heavy atom. The van der Waals surface area contributed by atoms with E-state index in [9.17, 15) is 9.59 Å². The van der Waals surface area contributed by atoms with Crippen LogP contribution in [0.2, 0.25) is 0 Å². The summed E-state index contributed by atoms with van der Waals surface area (Å²) >= 11 is 0. The molecule has 1 aromatic carbocycles. The Kier molecular flexibility index (Phi) is 4.22. The average molecular weight is 276 g/mol. The third kappa shape index (κ3) is 3.77. The summed E-state index contributed by atoms with van der Waals surface area (Å²) in [6.07, 6.45) is -0.165. The minimum absolute atomic E-state index is 0.115. The summed E-state index contributed by atoms with van der Waals surface area (Å²) < 4.78 is 0. The Hall–Kier alpha value is -2.97. The average Bonchev–Trinajstić information content (AvgIpc) is 2.91. The van der Waals surface area contributed by atoms with Gasteiger partial charge in [-0.3, -0.25) is 4.79 Å². The highest BCUT2D eigenvalue weighted by atomic mass is 16.4. The van der Waals surface area contributed by atoms with Crippen molar-refractivity contribution in [2.24, 2.45) is 0 Å². The second-order valence-electron chi connectivity index (χ2n) is 3.86. The maximum absolute atomic E-state index is 11.7. The van der Waals surface area contributed by atoms with E-state index in [1.54, 1.807) is 24.3 Å². The third-order valence-corrected chi connectivity index (χ3v) is 2.40. The predicted molar refractivity (Wildman–Crippen MR) is 67.8 cm³/mol. The summed E-state index contributed by atoms with van der Waals surface area (Å²) in [4.78, 5) is 22.4. The zero-order chi connectivity index (χ0) is 14.4. The molecule has 2 aromatic rings. The molecule has 4 N–H and O–H groups in total. The molecule has 0 aliphatic rings. The Morgan fingerprint density at radius 3 is 2.80 bits per heavy atom. The van der Waals surface area contributed by atoms with E-state index in [0.717, 1.165) is 0 Å². The molecule has 0 bridgehead atoms. The summed E-state index contributed by atoms with van der Waals surface area (Å²) in [7, 11) is 0. The number of carbonyl (C=O) groups excluding carboxylic acids is 1. The van der Waals surface area contributed by atoms with Crippen LogP contribution in [-0.4, -0.2) is 37.7 Å². The van der Waals surface area contributed by atoms with Crippen molar-refractivity contribution in [3.63, 3.8) is 0 Å². The zero-order valence-corrected chi connectivity index (χ0v) is 10.3. The van der Waals surface area contributed by atoms with Crippen LogP contribution in [0.1, 0.15) is 11.4 Å². The number of amides is 2. The number of hydrogen-bond acceptors (Lipinski definition) is 5. The van der Waals surface area contributed by atoms with Crippen LogP contribution >= 0.6 is 0 Å². The number of para-hydroxylation sites is 1. The van der Waals surface area contributed by atoms with E-state index >= 15 is 0 Å². The number of rotatable bonds is 5. The molecule has 9 heteroatoms. The number of aliphatic carboxylic acids is 1. The molecule has 0 atom stereocenters. The van der Waals surface area contributed by atoms with Crippen LogP contribution in [0.15, 0.2) is 24.3 Å². The molecule has 2 amide bonds. The molecule has 9 nitrogen and oxygen atoms in total. The summed E-state index contributed by atoms with van der Waals surface area (Å²) in [5, 5.41) is 26.9. The zero-order valence-electron chi connectivity index (χ0n) is 10.3. The second kappa shape index (κ2) is 6.27. The molecular formula is C11H12N6O3. The largest absolute Gasteiger partial charge is 0.481 e. The van der Waals surface area contributed by atoms with E-state index < -0.39 is 12.0 Å². The molecular weight excluding hydrogens is 264 g/mol. The molecule has 0 saturated carbocycles. The molecule has 2 rings (SSSR count). The number of nitrogens with zero attached hydrogens (tertiary/aromatic N) is 3. The Bertz CT molecular complexity index is 598. The first-order valence-electron chi connectivity index (χ1n) is 5.72. The normalized spacial score (nSPS) is 10.0.